The Morgan fingerprint density at radius 3 is 2.84 bits per heavy atom. The Bertz CT molecular complexity index is 818. The lowest BCUT2D eigenvalue weighted by molar-refractivity contribution is 0.101. The van der Waals surface area contributed by atoms with Gasteiger partial charge in [-0.2, -0.15) is 5.10 Å². The number of benzene rings is 1. The Balaban J connectivity index is 1.76. The first kappa shape index (κ1) is 17.0. The number of carbonyl (C=O) groups excluding carboxylic acids is 1. The number of amides is 1. The maximum absolute atomic E-state index is 12.4. The first-order valence-corrected chi connectivity index (χ1v) is 7.95. The molecule has 0 atom stereocenters. The second-order valence-corrected chi connectivity index (χ2v) is 5.44. The molecular weight excluding hydrogens is 326 g/mol. The third kappa shape index (κ3) is 4.16. The van der Waals surface area contributed by atoms with Gasteiger partial charge in [0.2, 0.25) is 0 Å². The van der Waals surface area contributed by atoms with Crippen molar-refractivity contribution in [1.29, 1.82) is 0 Å². The molecule has 8 heteroatoms. The molecule has 1 aromatic carbocycles. The van der Waals surface area contributed by atoms with Gasteiger partial charge < -0.3 is 19.5 Å². The number of carbonyl (C=O) groups is 1. The number of hydrogen-bond donors (Lipinski definition) is 1. The summed E-state index contributed by atoms with van der Waals surface area (Å²) in [5, 5.41) is 6.81. The number of nitrogens with zero attached hydrogens (tertiary/aromatic N) is 2. The summed E-state index contributed by atoms with van der Waals surface area (Å²) >= 11 is 0. The summed E-state index contributed by atoms with van der Waals surface area (Å²) in [7, 11) is 1.53. The van der Waals surface area contributed by atoms with Gasteiger partial charge in [-0.25, -0.2) is 4.68 Å². The average molecular weight is 345 g/mol. The third-order valence-corrected chi connectivity index (χ3v) is 3.61. The van der Waals surface area contributed by atoms with Gasteiger partial charge in [0.15, 0.2) is 11.5 Å². The minimum atomic E-state index is -0.416. The second-order valence-electron chi connectivity index (χ2n) is 5.44. The summed E-state index contributed by atoms with van der Waals surface area (Å²) in [6.07, 6.45) is 0.809. The van der Waals surface area contributed by atoms with Crippen LogP contribution in [-0.4, -0.2) is 42.6 Å². The van der Waals surface area contributed by atoms with Crippen LogP contribution in [-0.2, 0) is 11.3 Å². The van der Waals surface area contributed by atoms with Crippen LogP contribution in [0.3, 0.4) is 0 Å². The van der Waals surface area contributed by atoms with Gasteiger partial charge in [0, 0.05) is 31.4 Å². The van der Waals surface area contributed by atoms with Crippen LogP contribution in [0.1, 0.15) is 16.9 Å². The lowest BCUT2D eigenvalue weighted by atomic mass is 10.2. The molecule has 1 N–H and O–H groups in total. The molecule has 3 rings (SSSR count). The van der Waals surface area contributed by atoms with Gasteiger partial charge in [0.05, 0.1) is 26.4 Å². The highest BCUT2D eigenvalue weighted by atomic mass is 16.5. The molecule has 0 spiro atoms. The molecule has 0 aliphatic carbocycles. The summed E-state index contributed by atoms with van der Waals surface area (Å²) in [6.45, 7) is 1.78. The van der Waals surface area contributed by atoms with Crippen LogP contribution >= 0.6 is 0 Å². The number of aromatic nitrogens is 2. The zero-order valence-corrected chi connectivity index (χ0v) is 13.9. The van der Waals surface area contributed by atoms with Gasteiger partial charge in [0.25, 0.3) is 11.5 Å². The molecule has 0 saturated carbocycles. The van der Waals surface area contributed by atoms with Gasteiger partial charge >= 0.3 is 0 Å². The molecule has 1 aromatic heterocycles. The van der Waals surface area contributed by atoms with Crippen LogP contribution in [0.4, 0.5) is 5.69 Å². The lowest BCUT2D eigenvalue weighted by Gasteiger charge is -2.11. The van der Waals surface area contributed by atoms with Crippen molar-refractivity contribution in [3.05, 3.63) is 46.4 Å². The zero-order chi connectivity index (χ0) is 17.6. The lowest BCUT2D eigenvalue weighted by Crippen LogP contribution is -2.27. The van der Waals surface area contributed by atoms with Gasteiger partial charge in [-0.3, -0.25) is 9.59 Å². The van der Waals surface area contributed by atoms with Crippen LogP contribution in [0.15, 0.2) is 35.1 Å². The molecule has 0 radical (unpaired) electrons. The van der Waals surface area contributed by atoms with Crippen molar-refractivity contribution in [2.75, 3.05) is 32.2 Å². The number of anilines is 1. The Kier molecular flexibility index (Phi) is 5.30. The molecule has 1 amide bonds. The van der Waals surface area contributed by atoms with Crippen LogP contribution in [0.2, 0.25) is 0 Å². The third-order valence-electron chi connectivity index (χ3n) is 3.61. The highest BCUT2D eigenvalue weighted by Crippen LogP contribution is 2.32. The molecule has 132 valence electrons. The van der Waals surface area contributed by atoms with Gasteiger partial charge in [0.1, 0.15) is 5.69 Å². The van der Waals surface area contributed by atoms with E-state index >= 15 is 0 Å². The van der Waals surface area contributed by atoms with Crippen molar-refractivity contribution in [2.45, 2.75) is 13.0 Å². The maximum Gasteiger partial charge on any atom is 0.276 e. The molecule has 2 heterocycles. The van der Waals surface area contributed by atoms with Crippen LogP contribution in [0, 0.1) is 0 Å². The fourth-order valence-electron chi connectivity index (χ4n) is 2.34. The van der Waals surface area contributed by atoms with Gasteiger partial charge in [-0.1, -0.05) is 0 Å². The minimum Gasteiger partial charge on any atom is -0.490 e. The summed E-state index contributed by atoms with van der Waals surface area (Å²) in [5.74, 6) is 0.829. The number of methoxy groups -OCH3 is 1. The monoisotopic (exact) mass is 345 g/mol. The van der Waals surface area contributed by atoms with E-state index in [1.807, 2.05) is 0 Å². The molecule has 25 heavy (non-hydrogen) atoms. The van der Waals surface area contributed by atoms with Crippen molar-refractivity contribution in [3.8, 4) is 11.5 Å². The Morgan fingerprint density at radius 1 is 1.24 bits per heavy atom. The predicted molar refractivity (Wildman–Crippen MR) is 90.4 cm³/mol. The van der Waals surface area contributed by atoms with Crippen molar-refractivity contribution in [3.63, 3.8) is 0 Å². The molecule has 0 unspecified atom stereocenters. The maximum atomic E-state index is 12.4. The molecular formula is C17H19N3O5. The van der Waals surface area contributed by atoms with Crippen molar-refractivity contribution < 1.29 is 19.0 Å². The van der Waals surface area contributed by atoms with Gasteiger partial charge in [-0.15, -0.1) is 0 Å². The van der Waals surface area contributed by atoms with E-state index in [-0.39, 0.29) is 17.8 Å². The first-order chi connectivity index (χ1) is 12.2. The van der Waals surface area contributed by atoms with E-state index in [1.165, 1.54) is 23.9 Å². The minimum absolute atomic E-state index is 0.141. The van der Waals surface area contributed by atoms with E-state index in [0.29, 0.717) is 37.0 Å². The number of rotatable bonds is 5. The fraction of sp³-hybridized carbons (Fsp3) is 0.353. The van der Waals surface area contributed by atoms with E-state index in [2.05, 4.69) is 10.4 Å². The van der Waals surface area contributed by atoms with Crippen LogP contribution in [0.5, 0.6) is 11.5 Å². The predicted octanol–water partition coefficient (Wildman–Crippen LogP) is 1.30. The molecule has 1 aliphatic rings. The Morgan fingerprint density at radius 2 is 2.04 bits per heavy atom. The largest absolute Gasteiger partial charge is 0.490 e. The summed E-state index contributed by atoms with van der Waals surface area (Å²) in [6, 6.07) is 7.89. The van der Waals surface area contributed by atoms with Gasteiger partial charge in [-0.05, 0) is 18.2 Å². The average Bonchev–Trinajstić information content (AvgIpc) is 2.86. The molecule has 0 bridgehead atoms. The Labute approximate surface area is 144 Å². The van der Waals surface area contributed by atoms with E-state index < -0.39 is 5.91 Å². The van der Waals surface area contributed by atoms with Crippen molar-refractivity contribution in [1.82, 2.24) is 9.78 Å². The van der Waals surface area contributed by atoms with Crippen LogP contribution in [0.25, 0.3) is 0 Å². The number of ether oxygens (including phenoxy) is 3. The molecule has 2 aromatic rings. The number of hydrogen-bond acceptors (Lipinski definition) is 6. The standard InChI is InChI=1S/C17H19N3O5/c1-23-10-7-20-16(21)6-4-13(19-20)17(22)18-12-3-5-14-15(11-12)25-9-2-8-24-14/h3-6,11H,2,7-10H2,1H3,(H,18,22). The fourth-order valence-corrected chi connectivity index (χ4v) is 2.34. The molecule has 8 nitrogen and oxygen atoms in total. The van der Waals surface area contributed by atoms with Crippen molar-refractivity contribution in [2.24, 2.45) is 0 Å². The van der Waals surface area contributed by atoms with E-state index in [0.717, 1.165) is 6.42 Å². The SMILES string of the molecule is COCCn1nc(C(=O)Nc2ccc3c(c2)OCCCO3)ccc1=O. The Hall–Kier alpha value is -2.87. The van der Waals surface area contributed by atoms with E-state index in [9.17, 15) is 9.59 Å². The number of fused-ring (bicyclic) bond motifs is 1. The topological polar surface area (TPSA) is 91.7 Å². The summed E-state index contributed by atoms with van der Waals surface area (Å²) < 4.78 is 17.3. The summed E-state index contributed by atoms with van der Waals surface area (Å²) in [5.41, 5.74) is 0.415. The van der Waals surface area contributed by atoms with E-state index in [1.54, 1.807) is 18.2 Å². The normalized spacial score (nSPS) is 13.2. The quantitative estimate of drug-likeness (QED) is 0.878. The highest BCUT2D eigenvalue weighted by Gasteiger charge is 2.14. The molecule has 1 aliphatic heterocycles. The summed E-state index contributed by atoms with van der Waals surface area (Å²) in [4.78, 5) is 24.1. The smallest absolute Gasteiger partial charge is 0.276 e. The second kappa shape index (κ2) is 7.80. The van der Waals surface area contributed by atoms with Crippen LogP contribution < -0.4 is 20.3 Å². The number of nitrogens with one attached hydrogen (secondary N) is 1. The van der Waals surface area contributed by atoms with Crippen molar-refractivity contribution >= 4 is 11.6 Å². The zero-order valence-electron chi connectivity index (χ0n) is 13.9. The van der Waals surface area contributed by atoms with E-state index in [4.69, 9.17) is 14.2 Å². The highest BCUT2D eigenvalue weighted by molar-refractivity contribution is 6.02. The molecule has 0 fully saturated rings. The molecule has 0 saturated heterocycles. The first-order valence-electron chi connectivity index (χ1n) is 7.95.